The third-order valence-electron chi connectivity index (χ3n) is 14.0. The summed E-state index contributed by atoms with van der Waals surface area (Å²) in [7, 11) is -5.47. The quantitative estimate of drug-likeness (QED) is 0.0957. The lowest BCUT2D eigenvalue weighted by atomic mass is 10.1. The van der Waals surface area contributed by atoms with Crippen molar-refractivity contribution in [2.45, 2.75) is 0 Å². The van der Waals surface area contributed by atoms with Gasteiger partial charge in [-0.3, -0.25) is 4.57 Å². The predicted octanol–water partition coefficient (Wildman–Crippen LogP) is 9.66. The number of fused-ring (bicyclic) bond motifs is 3. The van der Waals surface area contributed by atoms with Crippen molar-refractivity contribution < 1.29 is 0 Å². The lowest BCUT2D eigenvalue weighted by molar-refractivity contribution is 1.05. The third kappa shape index (κ3) is 7.19. The summed E-state index contributed by atoms with van der Waals surface area (Å²) in [5.41, 5.74) is 5.06. The molecule has 0 radical (unpaired) electrons. The first-order valence-corrected chi connectivity index (χ1v) is 27.7. The van der Waals surface area contributed by atoms with E-state index in [1.807, 2.05) is 0 Å². The summed E-state index contributed by atoms with van der Waals surface area (Å²) < 4.78 is 2.30. The molecule has 0 N–H and O–H groups in total. The van der Waals surface area contributed by atoms with Crippen molar-refractivity contribution in [1.82, 2.24) is 14.5 Å². The maximum absolute atomic E-state index is 5.48. The highest BCUT2D eigenvalue weighted by molar-refractivity contribution is 7.20. The molecule has 5 heteroatoms. The van der Waals surface area contributed by atoms with Crippen LogP contribution in [0.5, 0.6) is 0 Å². The number of para-hydroxylation sites is 2. The van der Waals surface area contributed by atoms with Crippen molar-refractivity contribution in [1.29, 1.82) is 0 Å². The van der Waals surface area contributed by atoms with Crippen molar-refractivity contribution in [2.24, 2.45) is 0 Å². The molecule has 12 rings (SSSR count). The Morgan fingerprint density at radius 3 is 0.899 bits per heavy atom. The Morgan fingerprint density at radius 1 is 0.261 bits per heavy atom. The van der Waals surface area contributed by atoms with Gasteiger partial charge in [0.25, 0.3) is 0 Å². The number of nitrogens with zero attached hydrogens (tertiary/aromatic N) is 3. The van der Waals surface area contributed by atoms with E-state index in [0.717, 1.165) is 33.7 Å². The fraction of sp³-hybridized carbons (Fsp3) is 0. The zero-order chi connectivity index (χ0) is 46.0. The highest BCUT2D eigenvalue weighted by atomic mass is 28.3. The van der Waals surface area contributed by atoms with Gasteiger partial charge in [-0.1, -0.05) is 267 Å². The molecule has 12 aromatic rings. The summed E-state index contributed by atoms with van der Waals surface area (Å²) in [5, 5.41) is 13.0. The molecule has 3 nitrogen and oxygen atoms in total. The molecular weight excluding hydrogens is 867 g/mol. The highest BCUT2D eigenvalue weighted by Crippen LogP contribution is 2.33. The van der Waals surface area contributed by atoms with Gasteiger partial charge in [-0.05, 0) is 53.6 Å². The Labute approximate surface area is 405 Å². The minimum Gasteiger partial charge on any atom is -0.294 e. The van der Waals surface area contributed by atoms with E-state index < -0.39 is 16.1 Å². The van der Waals surface area contributed by atoms with E-state index >= 15 is 0 Å². The van der Waals surface area contributed by atoms with E-state index in [1.165, 1.54) is 52.3 Å². The first kappa shape index (κ1) is 41.9. The van der Waals surface area contributed by atoms with E-state index in [4.69, 9.17) is 9.97 Å². The number of aromatic nitrogens is 3. The fourth-order valence-electron chi connectivity index (χ4n) is 10.9. The predicted molar refractivity (Wildman–Crippen MR) is 294 cm³/mol. The lowest BCUT2D eigenvalue weighted by Gasteiger charge is -2.34. The van der Waals surface area contributed by atoms with Gasteiger partial charge in [-0.25, -0.2) is 9.97 Å². The Hall–Kier alpha value is -8.49. The number of rotatable bonds is 11. The molecule has 0 amide bonds. The molecule has 0 unspecified atom stereocenters. The second-order valence-corrected chi connectivity index (χ2v) is 25.3. The molecule has 69 heavy (non-hydrogen) atoms. The molecule has 0 aliphatic rings. The summed E-state index contributed by atoms with van der Waals surface area (Å²) >= 11 is 0. The van der Waals surface area contributed by atoms with Gasteiger partial charge >= 0.3 is 0 Å². The van der Waals surface area contributed by atoms with Crippen molar-refractivity contribution in [3.63, 3.8) is 0 Å². The van der Waals surface area contributed by atoms with Crippen LogP contribution in [-0.4, -0.2) is 30.7 Å². The Kier molecular flexibility index (Phi) is 10.9. The molecule has 326 valence electrons. The summed E-state index contributed by atoms with van der Waals surface area (Å²) in [5.74, 6) is 1.50. The standard InChI is InChI=1S/C64H47N3Si2/c1-7-23-50(24-8-1)68(51-25-9-2-10-26-51,52-27-11-3-12-28-52)56-43-39-48(40-44-56)60-47-63(67-61-37-21-19-35-58(61)59-36-20-22-38-62(59)67)66-64(65-60)49-41-45-57(46-42-49)69(53-29-13-4-14-30-53,54-31-15-5-16-32-54)55-33-17-6-18-34-55/h1-47H. The van der Waals surface area contributed by atoms with Gasteiger partial charge in [0.2, 0.25) is 0 Å². The minimum absolute atomic E-state index is 0.674. The van der Waals surface area contributed by atoms with Crippen molar-refractivity contribution in [3.05, 3.63) is 285 Å². The molecule has 10 aromatic carbocycles. The van der Waals surface area contributed by atoms with Gasteiger partial charge in [-0.2, -0.15) is 0 Å². The van der Waals surface area contributed by atoms with Crippen LogP contribution in [0.15, 0.2) is 285 Å². The SMILES string of the molecule is c1ccc([Si](c2ccccc2)(c2ccccc2)c2ccc(-c3cc(-n4c5ccccc5c5ccccc54)nc(-c4ccc([Si](c5ccccc5)(c5ccccc5)c5ccccc5)cc4)n3)cc2)cc1. The van der Waals surface area contributed by atoms with Crippen LogP contribution in [0, 0.1) is 0 Å². The molecule has 0 bridgehead atoms. The second-order valence-electron chi connectivity index (χ2n) is 17.7. The van der Waals surface area contributed by atoms with E-state index in [0.29, 0.717) is 5.82 Å². The average molecular weight is 914 g/mol. The molecule has 0 aliphatic heterocycles. The molecule has 0 saturated heterocycles. The van der Waals surface area contributed by atoms with Crippen molar-refractivity contribution in [2.75, 3.05) is 0 Å². The van der Waals surface area contributed by atoms with Crippen molar-refractivity contribution in [3.8, 4) is 28.5 Å². The highest BCUT2D eigenvalue weighted by Gasteiger charge is 2.42. The number of hydrogen-bond donors (Lipinski definition) is 0. The van der Waals surface area contributed by atoms with Crippen molar-refractivity contribution >= 4 is 79.4 Å². The molecular formula is C64H47N3Si2. The van der Waals surface area contributed by atoms with E-state index in [9.17, 15) is 0 Å². The first-order valence-electron chi connectivity index (χ1n) is 23.7. The molecule has 2 aromatic heterocycles. The maximum atomic E-state index is 5.48. The Morgan fingerprint density at radius 2 is 0.551 bits per heavy atom. The minimum atomic E-state index is -2.74. The van der Waals surface area contributed by atoms with Crippen LogP contribution in [0.4, 0.5) is 0 Å². The molecule has 0 atom stereocenters. The molecule has 0 aliphatic carbocycles. The van der Waals surface area contributed by atoms with Gasteiger partial charge in [0, 0.05) is 28.0 Å². The van der Waals surface area contributed by atoms with Gasteiger partial charge < -0.3 is 0 Å². The van der Waals surface area contributed by atoms with Gasteiger partial charge in [0.05, 0.1) is 16.7 Å². The van der Waals surface area contributed by atoms with Gasteiger partial charge in [0.15, 0.2) is 22.0 Å². The summed E-state index contributed by atoms with van der Waals surface area (Å²) in [6, 6.07) is 104. The van der Waals surface area contributed by atoms with E-state index in [1.54, 1.807) is 0 Å². The molecule has 2 heterocycles. The smallest absolute Gasteiger partial charge is 0.179 e. The maximum Gasteiger partial charge on any atom is 0.179 e. The summed E-state index contributed by atoms with van der Waals surface area (Å²) in [4.78, 5) is 11.0. The van der Waals surface area contributed by atoms with Crippen LogP contribution in [0.25, 0.3) is 50.3 Å². The number of hydrogen-bond acceptors (Lipinski definition) is 2. The van der Waals surface area contributed by atoms with Gasteiger partial charge in [-0.15, -0.1) is 0 Å². The van der Waals surface area contributed by atoms with Crippen LogP contribution in [0.1, 0.15) is 0 Å². The topological polar surface area (TPSA) is 30.7 Å². The molecule has 0 fully saturated rings. The lowest BCUT2D eigenvalue weighted by Crippen LogP contribution is -2.74. The first-order chi connectivity index (χ1) is 34.2. The van der Waals surface area contributed by atoms with Crippen LogP contribution < -0.4 is 41.5 Å². The largest absolute Gasteiger partial charge is 0.294 e. The summed E-state index contributed by atoms with van der Waals surface area (Å²) in [6.07, 6.45) is 0. The zero-order valence-corrected chi connectivity index (χ0v) is 40.0. The van der Waals surface area contributed by atoms with Crippen LogP contribution >= 0.6 is 0 Å². The monoisotopic (exact) mass is 913 g/mol. The Balaban J connectivity index is 1.05. The van der Waals surface area contributed by atoms with Crippen LogP contribution in [0.3, 0.4) is 0 Å². The second kappa shape index (κ2) is 18.0. The van der Waals surface area contributed by atoms with E-state index in [2.05, 4.69) is 290 Å². The third-order valence-corrected chi connectivity index (χ3v) is 23.5. The van der Waals surface area contributed by atoms with Gasteiger partial charge in [0.1, 0.15) is 5.82 Å². The average Bonchev–Trinajstić information content (AvgIpc) is 3.78. The molecule has 0 spiro atoms. The van der Waals surface area contributed by atoms with Crippen LogP contribution in [-0.2, 0) is 0 Å². The van der Waals surface area contributed by atoms with Crippen LogP contribution in [0.2, 0.25) is 0 Å². The molecule has 0 saturated carbocycles. The Bertz CT molecular complexity index is 3240. The summed E-state index contributed by atoms with van der Waals surface area (Å²) in [6.45, 7) is 0. The van der Waals surface area contributed by atoms with E-state index in [-0.39, 0.29) is 0 Å². The normalized spacial score (nSPS) is 11.8. The number of benzene rings is 10. The zero-order valence-electron chi connectivity index (χ0n) is 38.0. The fourth-order valence-corrected chi connectivity index (χ4v) is 20.4.